The minimum atomic E-state index is -1.77. The van der Waals surface area contributed by atoms with Gasteiger partial charge in [0, 0.05) is 38.3 Å². The lowest BCUT2D eigenvalue weighted by Gasteiger charge is -2.28. The number of aliphatic hydroxyl groups is 1. The highest BCUT2D eigenvalue weighted by atomic mass is 32.2. The van der Waals surface area contributed by atoms with E-state index >= 15 is 0 Å². The van der Waals surface area contributed by atoms with Crippen LogP contribution in [0, 0.1) is 0 Å². The van der Waals surface area contributed by atoms with Crippen LogP contribution in [0.1, 0.15) is 87.7 Å². The van der Waals surface area contributed by atoms with Gasteiger partial charge in [0.15, 0.2) is 11.9 Å². The van der Waals surface area contributed by atoms with Crippen molar-refractivity contribution in [3.63, 3.8) is 0 Å². The second kappa shape index (κ2) is 34.3. The van der Waals surface area contributed by atoms with E-state index in [2.05, 4.69) is 47.2 Å². The molecule has 1 aliphatic carbocycles. The molecule has 0 spiro atoms. The number of ether oxygens (including phenoxy) is 1. The number of alkyl carbamates (subject to hydrolysis) is 1. The molecule has 21 N–H and O–H groups in total. The maximum atomic E-state index is 14.2. The Kier molecular flexibility index (Phi) is 28.2. The van der Waals surface area contributed by atoms with Gasteiger partial charge in [-0.25, -0.2) is 9.59 Å². The summed E-state index contributed by atoms with van der Waals surface area (Å²) in [6.45, 7) is -1.28. The number of aliphatic hydroxyl groups excluding tert-OH is 1. The minimum Gasteiger partial charge on any atom is -0.481 e. The number of benzene rings is 2. The number of rotatable bonds is 37. The van der Waals surface area contributed by atoms with E-state index in [1.165, 1.54) is 11.8 Å². The number of hydrogen-bond donors (Lipinski definition) is 16. The first-order valence-electron chi connectivity index (χ1n) is 25.5. The monoisotopic (exact) mass is 1160 g/mol. The number of carboxylic acids is 3. The quantitative estimate of drug-likeness (QED) is 0.0179. The number of nitrogens with one attached hydrogen (secondary N) is 7. The second-order valence-corrected chi connectivity index (χ2v) is 19.4. The van der Waals surface area contributed by atoms with Crippen molar-refractivity contribution in [3.05, 3.63) is 59.7 Å². The molecule has 2 aromatic rings. The highest BCUT2D eigenvalue weighted by Crippen LogP contribution is 2.44. The van der Waals surface area contributed by atoms with Gasteiger partial charge in [-0.2, -0.15) is 11.8 Å². The SMILES string of the molecule is CSCC[C@H](NC(=O)[C@H](CCC(=O)O)NC(=O)[C@H](CCC(=O)O)NC(=O)OCC1c2ccccc2-c2ccccc21)C(=O)N[C@@H](CCC(N)=O)C(=O)N[C@@H](CCCN=C(N)N)C(=O)N[C@@H](CCCN=C(N)N)C(=O)N[C@@H](CO)C(=O)O. The summed E-state index contributed by atoms with van der Waals surface area (Å²) in [6, 6.07) is 3.63. The molecule has 30 nitrogen and oxygen atoms in total. The van der Waals surface area contributed by atoms with E-state index in [-0.39, 0.29) is 75.4 Å². The maximum absolute atomic E-state index is 14.2. The Balaban J connectivity index is 1.88. The third-order valence-electron chi connectivity index (χ3n) is 12.4. The van der Waals surface area contributed by atoms with Gasteiger partial charge >= 0.3 is 24.0 Å². The zero-order chi connectivity index (χ0) is 60.2. The lowest BCUT2D eigenvalue weighted by Crippen LogP contribution is -2.60. The number of aliphatic carboxylic acids is 3. The van der Waals surface area contributed by atoms with Crippen molar-refractivity contribution in [2.45, 2.75) is 119 Å². The van der Waals surface area contributed by atoms with Gasteiger partial charge in [0.2, 0.25) is 41.4 Å². The van der Waals surface area contributed by atoms with Crippen molar-refractivity contribution in [2.24, 2.45) is 38.7 Å². The van der Waals surface area contributed by atoms with E-state index in [0.717, 1.165) is 22.3 Å². The van der Waals surface area contributed by atoms with Gasteiger partial charge in [0.25, 0.3) is 0 Å². The number of nitrogens with zero attached hydrogens (tertiary/aromatic N) is 2. The van der Waals surface area contributed by atoms with Crippen LogP contribution in [0.3, 0.4) is 0 Å². The molecule has 7 atom stereocenters. The fourth-order valence-electron chi connectivity index (χ4n) is 8.28. The molecule has 2 aromatic carbocycles. The third kappa shape index (κ3) is 23.2. The largest absolute Gasteiger partial charge is 0.481 e. The molecule has 0 saturated carbocycles. The summed E-state index contributed by atoms with van der Waals surface area (Å²) >= 11 is 1.24. The average Bonchev–Trinajstić information content (AvgIpc) is 4.02. The molecule has 0 fully saturated rings. The molecule has 0 aromatic heterocycles. The Morgan fingerprint density at radius 1 is 0.519 bits per heavy atom. The Morgan fingerprint density at radius 2 is 0.877 bits per heavy atom. The van der Waals surface area contributed by atoms with Crippen LogP contribution in [0.4, 0.5) is 4.79 Å². The van der Waals surface area contributed by atoms with E-state index in [4.69, 9.17) is 33.4 Å². The van der Waals surface area contributed by atoms with Crippen LogP contribution in [-0.4, -0.2) is 178 Å². The fraction of sp³-hybridized carbons (Fsp3) is 0.500. The molecular weight excluding hydrogens is 1080 g/mol. The molecule has 8 amide bonds. The van der Waals surface area contributed by atoms with Crippen LogP contribution in [0.5, 0.6) is 0 Å². The summed E-state index contributed by atoms with van der Waals surface area (Å²) in [7, 11) is 0. The van der Waals surface area contributed by atoms with E-state index < -0.39 is 153 Å². The van der Waals surface area contributed by atoms with Gasteiger partial charge in [0.05, 0.1) is 6.61 Å². The molecule has 444 valence electrons. The molecule has 81 heavy (non-hydrogen) atoms. The first kappa shape index (κ1) is 66.5. The Morgan fingerprint density at radius 3 is 1.23 bits per heavy atom. The van der Waals surface area contributed by atoms with Crippen molar-refractivity contribution in [1.29, 1.82) is 0 Å². The first-order valence-corrected chi connectivity index (χ1v) is 26.9. The van der Waals surface area contributed by atoms with Crippen molar-refractivity contribution in [3.8, 4) is 11.1 Å². The number of thioether (sulfide) groups is 1. The molecule has 1 aliphatic rings. The number of nitrogens with two attached hydrogens (primary N) is 5. The summed E-state index contributed by atoms with van der Waals surface area (Å²) in [6.07, 6.45) is -3.31. The zero-order valence-electron chi connectivity index (χ0n) is 44.4. The second-order valence-electron chi connectivity index (χ2n) is 18.5. The number of aliphatic imine (C=N–C) groups is 2. The fourth-order valence-corrected chi connectivity index (χ4v) is 8.75. The van der Waals surface area contributed by atoms with Gasteiger partial charge in [-0.15, -0.1) is 0 Å². The predicted octanol–water partition coefficient (Wildman–Crippen LogP) is -3.27. The Bertz CT molecular complexity index is 2570. The molecule has 0 radical (unpaired) electrons. The minimum absolute atomic E-state index is 0.0235. The van der Waals surface area contributed by atoms with Crippen molar-refractivity contribution < 1.29 is 77.9 Å². The number of guanidine groups is 2. The molecule has 0 bridgehead atoms. The number of carboxylic acid groups (broad SMARTS) is 3. The number of amides is 8. The topological polar surface area (TPSA) is 517 Å². The number of carbonyl (C=O) groups excluding carboxylic acids is 8. The van der Waals surface area contributed by atoms with Crippen molar-refractivity contribution in [2.75, 3.05) is 38.3 Å². The Hall–Kier alpha value is -8.74. The molecule has 0 unspecified atom stereocenters. The third-order valence-corrected chi connectivity index (χ3v) is 13.0. The normalized spacial score (nSPS) is 14.0. The highest BCUT2D eigenvalue weighted by molar-refractivity contribution is 7.98. The highest BCUT2D eigenvalue weighted by Gasteiger charge is 2.35. The molecule has 3 rings (SSSR count). The van der Waals surface area contributed by atoms with Gasteiger partial charge in [-0.3, -0.25) is 53.1 Å². The van der Waals surface area contributed by atoms with Gasteiger partial charge in [0.1, 0.15) is 48.9 Å². The van der Waals surface area contributed by atoms with Crippen LogP contribution < -0.4 is 65.9 Å². The van der Waals surface area contributed by atoms with Crippen LogP contribution in [-0.2, 0) is 52.7 Å². The maximum Gasteiger partial charge on any atom is 0.407 e. The van der Waals surface area contributed by atoms with Crippen LogP contribution in [0.2, 0.25) is 0 Å². The summed E-state index contributed by atoms with van der Waals surface area (Å²) in [5, 5.41) is 54.7. The lowest BCUT2D eigenvalue weighted by molar-refractivity contribution is -0.143. The molecule has 0 saturated heterocycles. The van der Waals surface area contributed by atoms with Gasteiger partial charge in [-0.1, -0.05) is 48.5 Å². The molecular formula is C50H72N14O16S. The lowest BCUT2D eigenvalue weighted by atomic mass is 9.98. The van der Waals surface area contributed by atoms with Crippen molar-refractivity contribution in [1.82, 2.24) is 37.2 Å². The average molecular weight is 1160 g/mol. The number of fused-ring (bicyclic) bond motifs is 3. The summed E-state index contributed by atoms with van der Waals surface area (Å²) in [5.74, 6) is -12.4. The van der Waals surface area contributed by atoms with Gasteiger partial charge < -0.3 is 91.0 Å². The van der Waals surface area contributed by atoms with E-state index in [1.54, 1.807) is 6.26 Å². The first-order chi connectivity index (χ1) is 38.4. The predicted molar refractivity (Wildman–Crippen MR) is 293 cm³/mol. The summed E-state index contributed by atoms with van der Waals surface area (Å²) in [4.78, 5) is 152. The standard InChI is InChI=1S/C50H72N14O16S/c1-81-23-20-36(62-44(74)34(15-18-39(67)68)61-45(75)35(16-19-40(69)70)64-50(79)80-25-30-28-10-4-2-8-26(28)27-9-3-5-11-29(27)30)46(76)60-33(14-17-38(51)66)43(73)59-31(12-6-21-56-48(52)53)41(71)58-32(13-7-22-57-49(54)55)42(72)63-37(24-65)47(77)78/h2-5,8-11,30-37,65H,6-7,12-25H2,1H3,(H2,51,66)(H,58,71)(H,59,73)(H,60,76)(H,61,75)(H,62,74)(H,63,72)(H,64,79)(H,67,68)(H,69,70)(H,77,78)(H4,52,53,56)(H4,54,55,57)/t31-,32-,33-,34-,35-,36-,37-/m0/s1. The van der Waals surface area contributed by atoms with E-state index in [1.807, 2.05) is 48.5 Å². The Labute approximate surface area is 469 Å². The van der Waals surface area contributed by atoms with E-state index in [0.29, 0.717) is 0 Å². The number of carbonyl (C=O) groups is 11. The number of primary amides is 1. The van der Waals surface area contributed by atoms with Crippen LogP contribution >= 0.6 is 11.8 Å². The smallest absolute Gasteiger partial charge is 0.407 e. The zero-order valence-corrected chi connectivity index (χ0v) is 45.2. The van der Waals surface area contributed by atoms with Gasteiger partial charge in [-0.05, 0) is 85.6 Å². The van der Waals surface area contributed by atoms with Crippen LogP contribution in [0.25, 0.3) is 11.1 Å². The summed E-state index contributed by atoms with van der Waals surface area (Å²) < 4.78 is 5.57. The summed E-state index contributed by atoms with van der Waals surface area (Å²) in [5.41, 5.74) is 30.8. The molecule has 0 aliphatic heterocycles. The molecule has 0 heterocycles. The van der Waals surface area contributed by atoms with Crippen molar-refractivity contribution >= 4 is 89.0 Å². The van der Waals surface area contributed by atoms with E-state index in [9.17, 15) is 73.2 Å². The van der Waals surface area contributed by atoms with Crippen LogP contribution in [0.15, 0.2) is 58.5 Å². The molecule has 31 heteroatoms. The number of hydrogen-bond acceptors (Lipinski definition) is 16.